The van der Waals surface area contributed by atoms with Gasteiger partial charge in [0.15, 0.2) is 12.6 Å². The largest absolute Gasteiger partial charge is 0.394 e. The Morgan fingerprint density at radius 2 is 0.729 bits per heavy atom. The zero-order valence-electron chi connectivity index (χ0n) is 60.1. The molecule has 0 saturated carbocycles. The van der Waals surface area contributed by atoms with Crippen molar-refractivity contribution >= 4 is 5.91 Å². The lowest BCUT2D eigenvalue weighted by molar-refractivity contribution is -0.359. The topological polar surface area (TPSA) is 228 Å². The lowest BCUT2D eigenvalue weighted by atomic mass is 9.97. The van der Waals surface area contributed by atoms with Crippen LogP contribution in [0.4, 0.5) is 0 Å². The maximum Gasteiger partial charge on any atom is 0.220 e. The van der Waals surface area contributed by atoms with Crippen molar-refractivity contribution in [2.24, 2.45) is 0 Å². The average Bonchev–Trinajstić information content (AvgIpc) is 0.806. The molecular formula is C82H139NO13. The molecule has 2 saturated heterocycles. The van der Waals surface area contributed by atoms with E-state index in [9.17, 15) is 45.6 Å². The Hall–Kier alpha value is -3.87. The van der Waals surface area contributed by atoms with Crippen molar-refractivity contribution in [3.8, 4) is 0 Å². The highest BCUT2D eigenvalue weighted by molar-refractivity contribution is 5.76. The van der Waals surface area contributed by atoms with E-state index in [0.717, 1.165) is 103 Å². The summed E-state index contributed by atoms with van der Waals surface area (Å²) in [5.74, 6) is -0.257. The van der Waals surface area contributed by atoms with Crippen LogP contribution in [0.5, 0.6) is 0 Å². The molecule has 0 radical (unpaired) electrons. The number of carbonyl (C=O) groups is 1. The summed E-state index contributed by atoms with van der Waals surface area (Å²) < 4.78 is 22.9. The molecule has 0 aromatic carbocycles. The van der Waals surface area contributed by atoms with Gasteiger partial charge in [-0.05, 0) is 109 Å². The first kappa shape index (κ1) is 88.2. The highest BCUT2D eigenvalue weighted by Crippen LogP contribution is 2.30. The fraction of sp³-hybridized carbons (Fsp3) is 0.720. The zero-order valence-corrected chi connectivity index (χ0v) is 60.1. The fourth-order valence-corrected chi connectivity index (χ4v) is 11.8. The number of aliphatic hydroxyl groups is 8. The maximum atomic E-state index is 13.4. The van der Waals surface area contributed by atoms with E-state index in [1.165, 1.54) is 148 Å². The minimum atomic E-state index is -1.80. The quantitative estimate of drug-likeness (QED) is 0.0204. The van der Waals surface area contributed by atoms with Crippen molar-refractivity contribution < 1.29 is 64.6 Å². The number of ether oxygens (including phenoxy) is 4. The van der Waals surface area contributed by atoms with Gasteiger partial charge in [0.2, 0.25) is 5.91 Å². The smallest absolute Gasteiger partial charge is 0.220 e. The molecule has 2 heterocycles. The Labute approximate surface area is 583 Å². The lowest BCUT2D eigenvalue weighted by Gasteiger charge is -2.46. The number of hydrogen-bond donors (Lipinski definition) is 9. The lowest BCUT2D eigenvalue weighted by Crippen LogP contribution is -2.65. The van der Waals surface area contributed by atoms with Crippen LogP contribution in [0.1, 0.15) is 284 Å². The summed E-state index contributed by atoms with van der Waals surface area (Å²) in [5.41, 5.74) is 0. The molecule has 0 spiro atoms. The third-order valence-corrected chi connectivity index (χ3v) is 17.8. The number of nitrogens with one attached hydrogen (secondary N) is 1. The first-order valence-electron chi connectivity index (χ1n) is 38.4. The predicted molar refractivity (Wildman–Crippen MR) is 396 cm³/mol. The molecule has 0 aliphatic carbocycles. The molecule has 1 amide bonds. The molecule has 12 unspecified atom stereocenters. The maximum absolute atomic E-state index is 13.4. The van der Waals surface area contributed by atoms with E-state index in [1.807, 2.05) is 6.08 Å². The molecule has 2 fully saturated rings. The normalized spacial score (nSPS) is 23.0. The first-order valence-corrected chi connectivity index (χ1v) is 38.4. The molecule has 2 aliphatic rings. The first-order chi connectivity index (χ1) is 47.1. The van der Waals surface area contributed by atoms with Gasteiger partial charge in [0, 0.05) is 6.42 Å². The van der Waals surface area contributed by atoms with Crippen molar-refractivity contribution in [1.82, 2.24) is 5.32 Å². The van der Waals surface area contributed by atoms with Gasteiger partial charge in [-0.3, -0.25) is 4.79 Å². The highest BCUT2D eigenvalue weighted by Gasteiger charge is 2.51. The number of allylic oxidation sites excluding steroid dienone is 21. The summed E-state index contributed by atoms with van der Waals surface area (Å²) in [6.07, 6.45) is 79.4. The average molecular weight is 1350 g/mol. The molecular weight excluding hydrogens is 1210 g/mol. The van der Waals surface area contributed by atoms with Crippen LogP contribution in [0, 0.1) is 0 Å². The van der Waals surface area contributed by atoms with Crippen molar-refractivity contribution in [3.05, 3.63) is 134 Å². The zero-order chi connectivity index (χ0) is 69.4. The molecule has 96 heavy (non-hydrogen) atoms. The van der Waals surface area contributed by atoms with Crippen molar-refractivity contribution in [2.75, 3.05) is 19.8 Å². The third-order valence-electron chi connectivity index (χ3n) is 17.8. The minimum absolute atomic E-state index is 0.257. The van der Waals surface area contributed by atoms with Crippen LogP contribution < -0.4 is 5.32 Å². The summed E-state index contributed by atoms with van der Waals surface area (Å²) in [6.45, 7) is 2.68. The van der Waals surface area contributed by atoms with Gasteiger partial charge in [0.05, 0.1) is 32.0 Å². The summed E-state index contributed by atoms with van der Waals surface area (Å²) in [7, 11) is 0. The second kappa shape index (κ2) is 64.5. The van der Waals surface area contributed by atoms with Crippen LogP contribution in [0.2, 0.25) is 0 Å². The van der Waals surface area contributed by atoms with E-state index in [0.29, 0.717) is 12.8 Å². The van der Waals surface area contributed by atoms with E-state index >= 15 is 0 Å². The molecule has 14 nitrogen and oxygen atoms in total. The number of hydrogen-bond acceptors (Lipinski definition) is 13. The van der Waals surface area contributed by atoms with Crippen molar-refractivity contribution in [2.45, 2.75) is 357 Å². The Kier molecular flexibility index (Phi) is 59.3. The van der Waals surface area contributed by atoms with E-state index in [4.69, 9.17) is 18.9 Å². The van der Waals surface area contributed by atoms with Gasteiger partial charge in [-0.15, -0.1) is 0 Å². The van der Waals surface area contributed by atoms with Crippen LogP contribution in [-0.2, 0) is 23.7 Å². The summed E-state index contributed by atoms with van der Waals surface area (Å²) >= 11 is 0. The highest BCUT2D eigenvalue weighted by atomic mass is 16.7. The molecule has 2 rings (SSSR count). The number of rotatable bonds is 62. The van der Waals surface area contributed by atoms with Crippen LogP contribution in [0.25, 0.3) is 0 Å². The Balaban J connectivity index is 1.64. The summed E-state index contributed by atoms with van der Waals surface area (Å²) in [5, 5.41) is 87.5. The SMILES string of the molecule is CC/C=C\C/C=C\C/C=C\C/C=C\C/C=C\C/C=C\C/C=C\C/C=C\CCCCCCCCCCCCCCCCC(=O)NC(COC1OC(CO)C(OC2OC(CO)C(O)C(O)C2O)C(O)C1O)C(O)/C=C/CC/C=C/CC/C=C/CCCCCCCCCCCCCCC. The van der Waals surface area contributed by atoms with E-state index in [2.05, 4.69) is 141 Å². The molecule has 550 valence electrons. The van der Waals surface area contributed by atoms with Gasteiger partial charge >= 0.3 is 0 Å². The Bertz CT molecular complexity index is 2130. The second-order valence-electron chi connectivity index (χ2n) is 26.4. The summed E-state index contributed by atoms with van der Waals surface area (Å²) in [4.78, 5) is 13.4. The Morgan fingerprint density at radius 1 is 0.385 bits per heavy atom. The number of carbonyl (C=O) groups excluding carboxylic acids is 1. The third kappa shape index (κ3) is 47.2. The van der Waals surface area contributed by atoms with Gasteiger partial charge in [-0.2, -0.15) is 0 Å². The minimum Gasteiger partial charge on any atom is -0.394 e. The van der Waals surface area contributed by atoms with E-state index in [1.54, 1.807) is 6.08 Å². The molecule has 2 aliphatic heterocycles. The standard InChI is InChI=1S/C82H139NO13/c1-3-5-7-9-11-13-15-17-19-21-23-25-27-28-29-30-31-32-33-34-35-36-37-38-39-40-41-42-44-46-48-50-52-54-56-58-60-62-64-66-74(87)83-70(69-93-81-79(92)77(90)80(73(68-85)95-81)96-82-78(91)76(89)75(88)72(67-84)94-82)71(86)65-63-61-59-57-55-53-51-49-47-45-43-26-24-22-20-18-16-14-12-10-8-6-4-2/h5,7,11,13,17,19,23,25,28-29,31-32,34-35,37-38,47,49,55,57,63,65,70-73,75-82,84-86,88-92H,3-4,6,8-10,12,14-16,18,20-22,24,26-27,30,33,36,39-46,48,50-54,56,58-62,64,66-69H2,1-2H3,(H,83,87)/b7-5-,13-11-,19-17-,25-23-,29-28-,32-31-,35-34-,38-37-,49-47+,57-55+,65-63+. The van der Waals surface area contributed by atoms with Gasteiger partial charge < -0.3 is 65.1 Å². The van der Waals surface area contributed by atoms with E-state index < -0.39 is 86.8 Å². The second-order valence-corrected chi connectivity index (χ2v) is 26.4. The molecule has 0 aromatic heterocycles. The fourth-order valence-electron chi connectivity index (χ4n) is 11.8. The number of aliphatic hydroxyl groups excluding tert-OH is 8. The van der Waals surface area contributed by atoms with Gasteiger partial charge in [-0.25, -0.2) is 0 Å². The van der Waals surface area contributed by atoms with Crippen molar-refractivity contribution in [3.63, 3.8) is 0 Å². The van der Waals surface area contributed by atoms with Gasteiger partial charge in [0.1, 0.15) is 48.8 Å². The van der Waals surface area contributed by atoms with E-state index in [-0.39, 0.29) is 18.9 Å². The molecule has 12 atom stereocenters. The van der Waals surface area contributed by atoms with Crippen molar-refractivity contribution in [1.29, 1.82) is 0 Å². The van der Waals surface area contributed by atoms with Gasteiger partial charge in [0.25, 0.3) is 0 Å². The van der Waals surface area contributed by atoms with Crippen LogP contribution in [0.15, 0.2) is 134 Å². The molecule has 0 aromatic rings. The molecule has 0 bridgehead atoms. The van der Waals surface area contributed by atoms with Crippen LogP contribution in [0.3, 0.4) is 0 Å². The predicted octanol–water partition coefficient (Wildman–Crippen LogP) is 17.0. The van der Waals surface area contributed by atoms with Crippen LogP contribution in [-0.4, -0.2) is 140 Å². The van der Waals surface area contributed by atoms with Gasteiger partial charge in [-0.1, -0.05) is 302 Å². The number of amides is 1. The monoisotopic (exact) mass is 1350 g/mol. The summed E-state index contributed by atoms with van der Waals surface area (Å²) in [6, 6.07) is -0.948. The number of unbranched alkanes of at least 4 members (excludes halogenated alkanes) is 29. The Morgan fingerprint density at radius 3 is 1.15 bits per heavy atom. The van der Waals surface area contributed by atoms with Crippen LogP contribution >= 0.6 is 0 Å². The molecule has 9 N–H and O–H groups in total. The molecule has 14 heteroatoms.